The molecule has 0 radical (unpaired) electrons. The summed E-state index contributed by atoms with van der Waals surface area (Å²) in [6, 6.07) is 8.17. The second kappa shape index (κ2) is 5.98. The smallest absolute Gasteiger partial charge is 0.119 e. The van der Waals surface area contributed by atoms with E-state index >= 15 is 0 Å². The molecule has 1 heterocycles. The summed E-state index contributed by atoms with van der Waals surface area (Å²) in [5, 5.41) is 3.14. The molecule has 1 unspecified atom stereocenters. The van der Waals surface area contributed by atoms with Crippen LogP contribution in [0.15, 0.2) is 29.6 Å². The predicted molar refractivity (Wildman–Crippen MR) is 75.1 cm³/mol. The molecule has 1 atom stereocenters. The van der Waals surface area contributed by atoms with Crippen LogP contribution in [0.25, 0.3) is 0 Å². The molecule has 0 fully saturated rings. The van der Waals surface area contributed by atoms with Crippen LogP contribution < -0.4 is 10.5 Å². The van der Waals surface area contributed by atoms with Crippen molar-refractivity contribution < 1.29 is 4.74 Å². The average molecular weight is 262 g/mol. The molecular formula is C14H18N2OS. The highest BCUT2D eigenvalue weighted by molar-refractivity contribution is 7.09. The molecule has 1 aromatic heterocycles. The molecule has 2 aromatic rings. The van der Waals surface area contributed by atoms with Crippen LogP contribution in [0.1, 0.15) is 36.2 Å². The van der Waals surface area contributed by atoms with Gasteiger partial charge in [-0.3, -0.25) is 0 Å². The number of nitrogens with two attached hydrogens (primary N) is 1. The molecule has 0 aliphatic carbocycles. The van der Waals surface area contributed by atoms with Crippen molar-refractivity contribution in [2.24, 2.45) is 5.73 Å². The quantitative estimate of drug-likeness (QED) is 0.900. The summed E-state index contributed by atoms with van der Waals surface area (Å²) in [6.07, 6.45) is 0.851. The molecule has 0 amide bonds. The van der Waals surface area contributed by atoms with Crippen molar-refractivity contribution in [3.63, 3.8) is 0 Å². The molecule has 4 heteroatoms. The first-order chi connectivity index (χ1) is 8.69. The van der Waals surface area contributed by atoms with Crippen molar-refractivity contribution in [1.82, 2.24) is 4.98 Å². The lowest BCUT2D eigenvalue weighted by molar-refractivity contribution is 0.340. The van der Waals surface area contributed by atoms with E-state index in [1.807, 2.05) is 31.4 Å². The lowest BCUT2D eigenvalue weighted by atomic mass is 10.1. The Labute approximate surface area is 112 Å². The van der Waals surface area contributed by atoms with Crippen molar-refractivity contribution >= 4 is 11.3 Å². The van der Waals surface area contributed by atoms with E-state index in [1.165, 1.54) is 5.56 Å². The van der Waals surface area contributed by atoms with Gasteiger partial charge in [0.05, 0.1) is 17.3 Å². The zero-order valence-electron chi connectivity index (χ0n) is 10.7. The van der Waals surface area contributed by atoms with E-state index in [4.69, 9.17) is 10.5 Å². The van der Waals surface area contributed by atoms with Gasteiger partial charge in [-0.15, -0.1) is 11.3 Å². The van der Waals surface area contributed by atoms with Gasteiger partial charge in [0.15, 0.2) is 0 Å². The predicted octanol–water partition coefficient (Wildman–Crippen LogP) is 3.15. The Morgan fingerprint density at radius 1 is 1.33 bits per heavy atom. The zero-order valence-corrected chi connectivity index (χ0v) is 11.5. The maximum absolute atomic E-state index is 5.80. The highest BCUT2D eigenvalue weighted by Crippen LogP contribution is 2.19. The summed E-state index contributed by atoms with van der Waals surface area (Å²) in [5.41, 5.74) is 8.01. The van der Waals surface area contributed by atoms with Crippen LogP contribution in [0.5, 0.6) is 5.75 Å². The van der Waals surface area contributed by atoms with Gasteiger partial charge >= 0.3 is 0 Å². The first-order valence-electron chi connectivity index (χ1n) is 6.10. The number of hydrogen-bond donors (Lipinski definition) is 1. The molecule has 2 rings (SSSR count). The summed E-state index contributed by atoms with van der Waals surface area (Å²) < 4.78 is 5.42. The Morgan fingerprint density at radius 3 is 2.61 bits per heavy atom. The lowest BCUT2D eigenvalue weighted by Crippen LogP contribution is -2.05. The van der Waals surface area contributed by atoms with Gasteiger partial charge in [0.1, 0.15) is 5.75 Å². The Bertz CT molecular complexity index is 491. The van der Waals surface area contributed by atoms with E-state index in [0.717, 1.165) is 22.9 Å². The molecule has 0 bridgehead atoms. The number of benzene rings is 1. The normalized spacial score (nSPS) is 12.4. The highest BCUT2D eigenvalue weighted by atomic mass is 32.1. The number of rotatable bonds is 5. The van der Waals surface area contributed by atoms with E-state index in [2.05, 4.69) is 17.1 Å². The minimum Gasteiger partial charge on any atom is -0.494 e. The highest BCUT2D eigenvalue weighted by Gasteiger charge is 2.06. The lowest BCUT2D eigenvalue weighted by Gasteiger charge is -2.03. The van der Waals surface area contributed by atoms with Crippen LogP contribution in [0.2, 0.25) is 0 Å². The molecule has 0 saturated carbocycles. The fourth-order valence-electron chi connectivity index (χ4n) is 1.66. The summed E-state index contributed by atoms with van der Waals surface area (Å²) in [4.78, 5) is 4.53. The van der Waals surface area contributed by atoms with Crippen LogP contribution in [-0.4, -0.2) is 11.6 Å². The Morgan fingerprint density at radius 2 is 2.06 bits per heavy atom. The van der Waals surface area contributed by atoms with Crippen molar-refractivity contribution in [2.45, 2.75) is 26.3 Å². The average Bonchev–Trinajstić information content (AvgIpc) is 2.81. The van der Waals surface area contributed by atoms with Crippen LogP contribution in [0.4, 0.5) is 0 Å². The monoisotopic (exact) mass is 262 g/mol. The third-order valence-corrected chi connectivity index (χ3v) is 3.49. The summed E-state index contributed by atoms with van der Waals surface area (Å²) >= 11 is 1.66. The van der Waals surface area contributed by atoms with Gasteiger partial charge in [0.2, 0.25) is 0 Å². The number of aromatic nitrogens is 1. The number of ether oxygens (including phenoxy) is 1. The molecule has 96 valence electrons. The van der Waals surface area contributed by atoms with Gasteiger partial charge in [0, 0.05) is 17.8 Å². The number of hydrogen-bond acceptors (Lipinski definition) is 4. The maximum Gasteiger partial charge on any atom is 0.119 e. The van der Waals surface area contributed by atoms with Crippen LogP contribution >= 0.6 is 11.3 Å². The fraction of sp³-hybridized carbons (Fsp3) is 0.357. The van der Waals surface area contributed by atoms with Crippen molar-refractivity contribution in [3.8, 4) is 5.75 Å². The Balaban J connectivity index is 2.03. The van der Waals surface area contributed by atoms with Gasteiger partial charge in [-0.2, -0.15) is 0 Å². The summed E-state index contributed by atoms with van der Waals surface area (Å²) in [6.45, 7) is 4.64. The minimum absolute atomic E-state index is 0.00956. The number of thiazole rings is 1. The van der Waals surface area contributed by atoms with Gasteiger partial charge in [0.25, 0.3) is 0 Å². The van der Waals surface area contributed by atoms with E-state index in [0.29, 0.717) is 6.61 Å². The van der Waals surface area contributed by atoms with E-state index < -0.39 is 0 Å². The van der Waals surface area contributed by atoms with Crippen LogP contribution in [0, 0.1) is 0 Å². The second-order valence-corrected chi connectivity index (χ2v) is 5.15. The van der Waals surface area contributed by atoms with Gasteiger partial charge < -0.3 is 10.5 Å². The fourth-order valence-corrected chi connectivity index (χ4v) is 2.59. The van der Waals surface area contributed by atoms with Gasteiger partial charge in [-0.25, -0.2) is 4.98 Å². The SMILES string of the molecule is CCOc1ccc(Cc2nc(C(C)N)cs2)cc1. The Kier molecular flexibility index (Phi) is 4.33. The minimum atomic E-state index is 0.00956. The van der Waals surface area contributed by atoms with Gasteiger partial charge in [-0.05, 0) is 31.5 Å². The van der Waals surface area contributed by atoms with Crippen molar-refractivity contribution in [3.05, 3.63) is 45.9 Å². The first kappa shape index (κ1) is 13.1. The molecular weight excluding hydrogens is 244 g/mol. The molecule has 0 saturated heterocycles. The van der Waals surface area contributed by atoms with Gasteiger partial charge in [-0.1, -0.05) is 12.1 Å². The van der Waals surface area contributed by atoms with Crippen molar-refractivity contribution in [1.29, 1.82) is 0 Å². The van der Waals surface area contributed by atoms with Crippen molar-refractivity contribution in [2.75, 3.05) is 6.61 Å². The van der Waals surface area contributed by atoms with Crippen LogP contribution in [0.3, 0.4) is 0 Å². The number of nitrogens with zero attached hydrogens (tertiary/aromatic N) is 1. The molecule has 3 nitrogen and oxygen atoms in total. The third-order valence-electron chi connectivity index (χ3n) is 2.63. The van der Waals surface area contributed by atoms with E-state index in [9.17, 15) is 0 Å². The van der Waals surface area contributed by atoms with Crippen LogP contribution in [-0.2, 0) is 6.42 Å². The molecule has 1 aromatic carbocycles. The van der Waals surface area contributed by atoms with E-state index in [-0.39, 0.29) is 6.04 Å². The third kappa shape index (κ3) is 3.31. The topological polar surface area (TPSA) is 48.1 Å². The standard InChI is InChI=1S/C14H18N2OS/c1-3-17-12-6-4-11(5-7-12)8-14-16-13(9-18-14)10(2)15/h4-7,9-10H,3,8,15H2,1-2H3. The van der Waals surface area contributed by atoms with E-state index in [1.54, 1.807) is 11.3 Å². The molecule has 2 N–H and O–H groups in total. The molecule has 0 aliphatic heterocycles. The zero-order chi connectivity index (χ0) is 13.0. The molecule has 0 aliphatic rings. The largest absolute Gasteiger partial charge is 0.494 e. The molecule has 18 heavy (non-hydrogen) atoms. The maximum atomic E-state index is 5.80. The molecule has 0 spiro atoms. The summed E-state index contributed by atoms with van der Waals surface area (Å²) in [5.74, 6) is 0.914. The Hall–Kier alpha value is -1.39. The summed E-state index contributed by atoms with van der Waals surface area (Å²) in [7, 11) is 0. The first-order valence-corrected chi connectivity index (χ1v) is 6.98. The second-order valence-electron chi connectivity index (χ2n) is 4.21.